The quantitative estimate of drug-likeness (QED) is 0.611. The minimum atomic E-state index is -0.348. The molecule has 4 aliphatic carbocycles. The highest BCUT2D eigenvalue weighted by Gasteiger charge is 2.64. The molecule has 1 aromatic rings. The van der Waals surface area contributed by atoms with E-state index in [0.29, 0.717) is 24.9 Å². The third-order valence-corrected chi connectivity index (χ3v) is 8.03. The predicted octanol–water partition coefficient (Wildman–Crippen LogP) is 2.90. The molecule has 7 nitrogen and oxygen atoms in total. The first-order chi connectivity index (χ1) is 13.9. The van der Waals surface area contributed by atoms with Gasteiger partial charge in [0.2, 0.25) is 5.91 Å². The molecule has 1 aliphatic heterocycles. The molecule has 1 heterocycles. The van der Waals surface area contributed by atoms with Crippen molar-refractivity contribution in [3.05, 3.63) is 39.9 Å². The Morgan fingerprint density at radius 1 is 1.31 bits per heavy atom. The third kappa shape index (κ3) is 2.84. The second-order valence-electron chi connectivity index (χ2n) is 9.56. The first-order valence-electron chi connectivity index (χ1n) is 10.6. The minimum absolute atomic E-state index is 0.0117. The summed E-state index contributed by atoms with van der Waals surface area (Å²) in [4.78, 5) is 25.1. The number of amides is 1. The van der Waals surface area contributed by atoms with E-state index in [1.807, 2.05) is 12.1 Å². The van der Waals surface area contributed by atoms with Gasteiger partial charge in [0, 0.05) is 24.2 Å². The normalized spacial score (nSPS) is 37.1. The highest BCUT2D eigenvalue weighted by molar-refractivity contribution is 5.79. The van der Waals surface area contributed by atoms with Gasteiger partial charge in [0.1, 0.15) is 6.04 Å². The van der Waals surface area contributed by atoms with Crippen LogP contribution in [0, 0.1) is 33.3 Å². The van der Waals surface area contributed by atoms with E-state index in [1.54, 1.807) is 17.0 Å². The smallest absolute Gasteiger partial charge is 0.269 e. The lowest BCUT2D eigenvalue weighted by molar-refractivity contribution is -0.384. The van der Waals surface area contributed by atoms with E-state index in [1.165, 1.54) is 12.0 Å². The van der Waals surface area contributed by atoms with Crippen LogP contribution in [0.4, 0.5) is 5.69 Å². The van der Waals surface area contributed by atoms with Crippen LogP contribution in [0.5, 0.6) is 0 Å². The van der Waals surface area contributed by atoms with Crippen molar-refractivity contribution < 1.29 is 9.72 Å². The van der Waals surface area contributed by atoms with Crippen LogP contribution in [0.15, 0.2) is 24.3 Å². The van der Waals surface area contributed by atoms with Gasteiger partial charge in [-0.1, -0.05) is 12.1 Å². The van der Waals surface area contributed by atoms with Crippen molar-refractivity contribution in [3.63, 3.8) is 0 Å². The molecule has 29 heavy (non-hydrogen) atoms. The van der Waals surface area contributed by atoms with Gasteiger partial charge in [0.25, 0.3) is 5.69 Å². The minimum Gasteiger partial charge on any atom is -0.326 e. The standard InChI is InChI=1S/C22H26N4O3/c23-12-19-2-1-7-25(19)20(27)13-24-22-10-15-8-17(22)11-21(9-15,14-22)16-3-5-18(6-4-16)26(28)29/h3-6,15,17,19,24H,1-2,7-11,13-14H2/t15?,17?,19-,21?,22?/m0/s1. The number of carbonyl (C=O) groups excluding carboxylic acids is 1. The maximum atomic E-state index is 12.7. The molecule has 5 fully saturated rings. The monoisotopic (exact) mass is 394 g/mol. The summed E-state index contributed by atoms with van der Waals surface area (Å²) < 4.78 is 0. The van der Waals surface area contributed by atoms with Crippen LogP contribution in [0.1, 0.15) is 50.5 Å². The number of likely N-dealkylation sites (tertiary alicyclic amines) is 1. The molecule has 1 amide bonds. The lowest BCUT2D eigenvalue weighted by Crippen LogP contribution is -2.52. The molecule has 0 radical (unpaired) electrons. The van der Waals surface area contributed by atoms with Gasteiger partial charge in [-0.3, -0.25) is 14.9 Å². The van der Waals surface area contributed by atoms with Crippen molar-refractivity contribution in [2.45, 2.75) is 61.9 Å². The molecule has 4 bridgehead atoms. The molecule has 152 valence electrons. The highest BCUT2D eigenvalue weighted by Crippen LogP contribution is 2.66. The van der Waals surface area contributed by atoms with Gasteiger partial charge in [-0.2, -0.15) is 5.26 Å². The lowest BCUT2D eigenvalue weighted by Gasteiger charge is -2.42. The largest absolute Gasteiger partial charge is 0.326 e. The van der Waals surface area contributed by atoms with E-state index in [2.05, 4.69) is 11.4 Å². The molecular formula is C22H26N4O3. The van der Waals surface area contributed by atoms with Crippen LogP contribution < -0.4 is 5.32 Å². The number of hydrogen-bond acceptors (Lipinski definition) is 5. The summed E-state index contributed by atoms with van der Waals surface area (Å²) in [5.41, 5.74) is 1.40. The second-order valence-corrected chi connectivity index (χ2v) is 9.56. The summed E-state index contributed by atoms with van der Waals surface area (Å²) >= 11 is 0. The molecule has 1 saturated heterocycles. The molecule has 7 heteroatoms. The Bertz CT molecular complexity index is 894. The average Bonchev–Trinajstić information content (AvgIpc) is 3.35. The van der Waals surface area contributed by atoms with Crippen LogP contribution in [0.3, 0.4) is 0 Å². The van der Waals surface area contributed by atoms with Gasteiger partial charge < -0.3 is 10.2 Å². The first kappa shape index (κ1) is 18.6. The van der Waals surface area contributed by atoms with Crippen molar-refractivity contribution in [2.24, 2.45) is 11.8 Å². The molecule has 0 aromatic heterocycles. The summed E-state index contributed by atoms with van der Waals surface area (Å²) in [6.07, 6.45) is 7.23. The zero-order chi connectivity index (χ0) is 20.2. The number of nitrogens with one attached hydrogen (secondary N) is 1. The summed E-state index contributed by atoms with van der Waals surface area (Å²) in [6, 6.07) is 9.09. The molecule has 4 saturated carbocycles. The van der Waals surface area contributed by atoms with Crippen molar-refractivity contribution in [3.8, 4) is 6.07 Å². The molecule has 1 aromatic carbocycles. The fourth-order valence-electron chi connectivity index (χ4n) is 7.01. The molecule has 4 unspecified atom stereocenters. The summed E-state index contributed by atoms with van der Waals surface area (Å²) in [5.74, 6) is 1.24. The van der Waals surface area contributed by atoms with E-state index in [0.717, 1.165) is 38.5 Å². The molecular weight excluding hydrogens is 368 g/mol. The van der Waals surface area contributed by atoms with Gasteiger partial charge >= 0.3 is 0 Å². The molecule has 6 rings (SSSR count). The van der Waals surface area contributed by atoms with E-state index in [-0.39, 0.29) is 33.5 Å². The van der Waals surface area contributed by atoms with Gasteiger partial charge in [-0.05, 0) is 67.8 Å². The Hall–Kier alpha value is -2.46. The number of nitro groups is 1. The number of hydrogen-bond donors (Lipinski definition) is 1. The summed E-state index contributed by atoms with van der Waals surface area (Å²) in [7, 11) is 0. The molecule has 1 N–H and O–H groups in total. The maximum absolute atomic E-state index is 12.7. The highest BCUT2D eigenvalue weighted by atomic mass is 16.6. The number of nitrogens with zero attached hydrogens (tertiary/aromatic N) is 3. The molecule has 0 spiro atoms. The van der Waals surface area contributed by atoms with Crippen molar-refractivity contribution >= 4 is 11.6 Å². The number of carbonyl (C=O) groups is 1. The molecule has 5 atom stereocenters. The Labute approximate surface area is 170 Å². The Balaban J connectivity index is 1.33. The topological polar surface area (TPSA) is 99.3 Å². The fourth-order valence-corrected chi connectivity index (χ4v) is 7.01. The number of non-ortho nitro benzene ring substituents is 1. The first-order valence-corrected chi connectivity index (χ1v) is 10.6. The third-order valence-electron chi connectivity index (χ3n) is 8.03. The number of rotatable bonds is 5. The van der Waals surface area contributed by atoms with Crippen LogP contribution in [0.25, 0.3) is 0 Å². The Kier molecular flexibility index (Phi) is 4.18. The Morgan fingerprint density at radius 3 is 2.83 bits per heavy atom. The van der Waals surface area contributed by atoms with Gasteiger partial charge in [-0.15, -0.1) is 0 Å². The summed E-state index contributed by atoms with van der Waals surface area (Å²) in [6.45, 7) is 0.988. The second kappa shape index (κ2) is 6.53. The fraction of sp³-hybridized carbons (Fsp3) is 0.636. The zero-order valence-corrected chi connectivity index (χ0v) is 16.5. The Morgan fingerprint density at radius 2 is 2.10 bits per heavy atom. The van der Waals surface area contributed by atoms with Gasteiger partial charge in [-0.25, -0.2) is 0 Å². The van der Waals surface area contributed by atoms with E-state index in [9.17, 15) is 20.2 Å². The van der Waals surface area contributed by atoms with E-state index in [4.69, 9.17) is 0 Å². The number of benzene rings is 1. The van der Waals surface area contributed by atoms with E-state index < -0.39 is 0 Å². The van der Waals surface area contributed by atoms with Crippen LogP contribution in [-0.4, -0.2) is 40.4 Å². The van der Waals surface area contributed by atoms with E-state index >= 15 is 0 Å². The average molecular weight is 394 g/mol. The number of nitro benzene ring substituents is 1. The van der Waals surface area contributed by atoms with Gasteiger partial charge in [0.05, 0.1) is 17.5 Å². The molecule has 5 aliphatic rings. The maximum Gasteiger partial charge on any atom is 0.269 e. The lowest BCUT2D eigenvalue weighted by atomic mass is 9.65. The van der Waals surface area contributed by atoms with Crippen molar-refractivity contribution in [1.29, 1.82) is 5.26 Å². The van der Waals surface area contributed by atoms with Crippen LogP contribution in [-0.2, 0) is 10.2 Å². The van der Waals surface area contributed by atoms with Crippen molar-refractivity contribution in [1.82, 2.24) is 10.2 Å². The van der Waals surface area contributed by atoms with Crippen LogP contribution in [0.2, 0.25) is 0 Å². The van der Waals surface area contributed by atoms with Crippen LogP contribution >= 0.6 is 0 Å². The zero-order valence-electron chi connectivity index (χ0n) is 16.5. The van der Waals surface area contributed by atoms with Crippen molar-refractivity contribution in [2.75, 3.05) is 13.1 Å². The SMILES string of the molecule is N#C[C@@H]1CCCN1C(=O)CNC12CC3CC1CC(c1ccc([N+](=O)[O-])cc1)(C3)C2. The summed E-state index contributed by atoms with van der Waals surface area (Å²) in [5, 5.41) is 23.9. The van der Waals surface area contributed by atoms with Gasteiger partial charge in [0.15, 0.2) is 0 Å². The number of nitriles is 1. The predicted molar refractivity (Wildman–Crippen MR) is 106 cm³/mol.